The number of para-hydroxylation sites is 2. The van der Waals surface area contributed by atoms with Gasteiger partial charge in [0.05, 0.1) is 5.56 Å². The summed E-state index contributed by atoms with van der Waals surface area (Å²) in [5.41, 5.74) is 3.82. The number of fused-ring (bicyclic) bond motifs is 2. The van der Waals surface area contributed by atoms with E-state index in [1.807, 2.05) is 48.7 Å². The maximum atomic E-state index is 12.4. The normalized spacial score (nSPS) is 11.1. The minimum Gasteiger partial charge on any atom is -0.361 e. The van der Waals surface area contributed by atoms with E-state index in [2.05, 4.69) is 21.4 Å². The summed E-state index contributed by atoms with van der Waals surface area (Å²) >= 11 is 0. The van der Waals surface area contributed by atoms with E-state index in [1.165, 1.54) is 0 Å². The van der Waals surface area contributed by atoms with Gasteiger partial charge in [0.1, 0.15) is 0 Å². The molecule has 0 fully saturated rings. The van der Waals surface area contributed by atoms with Crippen molar-refractivity contribution in [3.8, 4) is 0 Å². The molecule has 0 radical (unpaired) electrons. The molecular weight excluding hydrogens is 274 g/mol. The van der Waals surface area contributed by atoms with Crippen LogP contribution in [0.3, 0.4) is 0 Å². The lowest BCUT2D eigenvalue weighted by Gasteiger charge is -2.03. The topological polar surface area (TPSA) is 60.7 Å². The van der Waals surface area contributed by atoms with Gasteiger partial charge < -0.3 is 15.3 Å². The monoisotopic (exact) mass is 289 g/mol. The van der Waals surface area contributed by atoms with Crippen LogP contribution in [-0.4, -0.2) is 15.9 Å². The van der Waals surface area contributed by atoms with Crippen molar-refractivity contribution in [1.82, 2.24) is 15.3 Å². The summed E-state index contributed by atoms with van der Waals surface area (Å²) in [6.07, 6.45) is 3.70. The van der Waals surface area contributed by atoms with Gasteiger partial charge >= 0.3 is 0 Å². The fraction of sp³-hybridized carbons (Fsp3) is 0.0556. The Morgan fingerprint density at radius 2 is 1.50 bits per heavy atom. The van der Waals surface area contributed by atoms with E-state index >= 15 is 0 Å². The van der Waals surface area contributed by atoms with Gasteiger partial charge in [0, 0.05) is 40.7 Å². The lowest BCUT2D eigenvalue weighted by molar-refractivity contribution is 0.0953. The number of hydrogen-bond acceptors (Lipinski definition) is 1. The second-order valence-electron chi connectivity index (χ2n) is 5.29. The molecule has 0 aliphatic rings. The van der Waals surface area contributed by atoms with Gasteiger partial charge in [0.2, 0.25) is 0 Å². The number of aromatic amines is 2. The first kappa shape index (κ1) is 12.7. The lowest BCUT2D eigenvalue weighted by atomic mass is 10.1. The Balaban J connectivity index is 1.57. The number of benzene rings is 2. The molecule has 4 aromatic rings. The predicted molar refractivity (Wildman–Crippen MR) is 87.8 cm³/mol. The fourth-order valence-electron chi connectivity index (χ4n) is 2.81. The first-order chi connectivity index (χ1) is 10.8. The van der Waals surface area contributed by atoms with E-state index < -0.39 is 0 Å². The summed E-state index contributed by atoms with van der Waals surface area (Å²) < 4.78 is 0. The van der Waals surface area contributed by atoms with Gasteiger partial charge in [-0.05, 0) is 17.7 Å². The first-order valence-corrected chi connectivity index (χ1v) is 7.22. The van der Waals surface area contributed by atoms with Crippen molar-refractivity contribution in [1.29, 1.82) is 0 Å². The Morgan fingerprint density at radius 3 is 2.32 bits per heavy atom. The molecule has 2 aromatic carbocycles. The maximum Gasteiger partial charge on any atom is 0.253 e. The third kappa shape index (κ3) is 2.05. The zero-order valence-electron chi connectivity index (χ0n) is 11.9. The van der Waals surface area contributed by atoms with Crippen molar-refractivity contribution < 1.29 is 4.79 Å². The number of carbonyl (C=O) groups excluding carboxylic acids is 1. The molecule has 0 atom stereocenters. The Morgan fingerprint density at radius 1 is 0.864 bits per heavy atom. The molecule has 2 aromatic heterocycles. The second kappa shape index (κ2) is 5.07. The summed E-state index contributed by atoms with van der Waals surface area (Å²) in [5.74, 6) is -0.0669. The summed E-state index contributed by atoms with van der Waals surface area (Å²) in [7, 11) is 0. The minimum atomic E-state index is -0.0669. The van der Waals surface area contributed by atoms with Gasteiger partial charge in [-0.3, -0.25) is 4.79 Å². The molecule has 22 heavy (non-hydrogen) atoms. The summed E-state index contributed by atoms with van der Waals surface area (Å²) in [4.78, 5) is 18.8. The molecule has 0 bridgehead atoms. The van der Waals surface area contributed by atoms with Crippen molar-refractivity contribution in [2.75, 3.05) is 0 Å². The Bertz CT molecular complexity index is 964. The molecule has 4 nitrogen and oxygen atoms in total. The van der Waals surface area contributed by atoms with Gasteiger partial charge in [-0.1, -0.05) is 36.4 Å². The molecule has 108 valence electrons. The molecule has 1 amide bonds. The molecule has 4 rings (SSSR count). The van der Waals surface area contributed by atoms with E-state index in [1.54, 1.807) is 6.20 Å². The van der Waals surface area contributed by atoms with Crippen LogP contribution in [0.25, 0.3) is 21.8 Å². The quantitative estimate of drug-likeness (QED) is 0.530. The van der Waals surface area contributed by atoms with Gasteiger partial charge in [-0.15, -0.1) is 0 Å². The highest BCUT2D eigenvalue weighted by atomic mass is 16.1. The van der Waals surface area contributed by atoms with E-state index in [0.717, 1.165) is 27.4 Å². The van der Waals surface area contributed by atoms with Gasteiger partial charge in [-0.25, -0.2) is 0 Å². The van der Waals surface area contributed by atoms with Gasteiger partial charge in [-0.2, -0.15) is 0 Å². The Labute approximate surface area is 127 Å². The third-order valence-electron chi connectivity index (χ3n) is 3.95. The number of hydrogen-bond donors (Lipinski definition) is 3. The highest BCUT2D eigenvalue weighted by Gasteiger charge is 2.12. The fourth-order valence-corrected chi connectivity index (χ4v) is 2.81. The number of nitrogens with one attached hydrogen (secondary N) is 3. The van der Waals surface area contributed by atoms with Crippen molar-refractivity contribution >= 4 is 27.7 Å². The zero-order valence-corrected chi connectivity index (χ0v) is 11.9. The summed E-state index contributed by atoms with van der Waals surface area (Å²) in [6, 6.07) is 15.9. The zero-order chi connectivity index (χ0) is 14.9. The van der Waals surface area contributed by atoms with E-state index in [0.29, 0.717) is 12.1 Å². The molecule has 0 unspecified atom stereocenters. The number of H-pyrrole nitrogens is 2. The Kier molecular flexibility index (Phi) is 2.93. The van der Waals surface area contributed by atoms with Crippen molar-refractivity contribution in [3.63, 3.8) is 0 Å². The van der Waals surface area contributed by atoms with E-state index in [-0.39, 0.29) is 5.91 Å². The smallest absolute Gasteiger partial charge is 0.253 e. The van der Waals surface area contributed by atoms with Crippen LogP contribution in [0.5, 0.6) is 0 Å². The van der Waals surface area contributed by atoms with Crippen molar-refractivity contribution in [2.45, 2.75) is 6.54 Å². The molecule has 0 spiro atoms. The first-order valence-electron chi connectivity index (χ1n) is 7.22. The van der Waals surface area contributed by atoms with Crippen LogP contribution >= 0.6 is 0 Å². The lowest BCUT2D eigenvalue weighted by Crippen LogP contribution is -2.22. The van der Waals surface area contributed by atoms with E-state index in [9.17, 15) is 4.79 Å². The van der Waals surface area contributed by atoms with Gasteiger partial charge in [0.25, 0.3) is 5.91 Å². The molecule has 2 heterocycles. The van der Waals surface area contributed by atoms with Crippen LogP contribution in [0.4, 0.5) is 0 Å². The average molecular weight is 289 g/mol. The standard InChI is InChI=1S/C18H15N3O/c22-18(15-11-20-17-8-4-2-6-14(15)17)21-10-12-9-19-16-7-3-1-5-13(12)16/h1-9,11,19-20H,10H2,(H,21,22). The van der Waals surface area contributed by atoms with Crippen LogP contribution in [0.1, 0.15) is 15.9 Å². The SMILES string of the molecule is O=C(NCc1c[nH]c2ccccc12)c1c[nH]c2ccccc12. The number of rotatable bonds is 3. The highest BCUT2D eigenvalue weighted by Crippen LogP contribution is 2.19. The maximum absolute atomic E-state index is 12.4. The highest BCUT2D eigenvalue weighted by molar-refractivity contribution is 6.06. The number of amides is 1. The minimum absolute atomic E-state index is 0.0669. The van der Waals surface area contributed by atoms with Crippen molar-refractivity contribution in [2.24, 2.45) is 0 Å². The predicted octanol–water partition coefficient (Wildman–Crippen LogP) is 3.58. The Hall–Kier alpha value is -3.01. The molecule has 4 heteroatoms. The largest absolute Gasteiger partial charge is 0.361 e. The van der Waals surface area contributed by atoms with Crippen LogP contribution in [0.15, 0.2) is 60.9 Å². The third-order valence-corrected chi connectivity index (χ3v) is 3.95. The van der Waals surface area contributed by atoms with Crippen LogP contribution in [0, 0.1) is 0 Å². The number of carbonyl (C=O) groups is 1. The molecule has 0 saturated heterocycles. The molecule has 0 aliphatic carbocycles. The van der Waals surface area contributed by atoms with Gasteiger partial charge in [0.15, 0.2) is 0 Å². The molecule has 0 aliphatic heterocycles. The number of aromatic nitrogens is 2. The summed E-state index contributed by atoms with van der Waals surface area (Å²) in [5, 5.41) is 5.08. The summed E-state index contributed by atoms with van der Waals surface area (Å²) in [6.45, 7) is 0.502. The van der Waals surface area contributed by atoms with Crippen LogP contribution in [0.2, 0.25) is 0 Å². The molecule has 3 N–H and O–H groups in total. The van der Waals surface area contributed by atoms with Crippen molar-refractivity contribution in [3.05, 3.63) is 72.1 Å². The molecular formula is C18H15N3O. The second-order valence-corrected chi connectivity index (χ2v) is 5.29. The average Bonchev–Trinajstić information content (AvgIpc) is 3.17. The molecule has 0 saturated carbocycles. The van der Waals surface area contributed by atoms with Crippen LogP contribution in [-0.2, 0) is 6.54 Å². The van der Waals surface area contributed by atoms with Crippen LogP contribution < -0.4 is 5.32 Å². The van der Waals surface area contributed by atoms with E-state index in [4.69, 9.17) is 0 Å².